The zero-order valence-corrected chi connectivity index (χ0v) is 11.0. The first-order valence-electron chi connectivity index (χ1n) is 6.13. The van der Waals surface area contributed by atoms with E-state index in [1.54, 1.807) is 0 Å². The molecule has 0 radical (unpaired) electrons. The molecule has 0 aromatic heterocycles. The molecule has 3 atom stereocenters. The second-order valence-electron chi connectivity index (χ2n) is 4.93. The molecule has 7 heteroatoms. The Balaban J connectivity index is 2.22. The normalized spacial score (nSPS) is 26.6. The molecule has 1 aliphatic heterocycles. The number of nitrogens with one attached hydrogen (secondary N) is 1. The number of carboxylic acids is 1. The maximum atomic E-state index is 11.4. The maximum Gasteiger partial charge on any atom is 0.326 e. The van der Waals surface area contributed by atoms with Crippen LogP contribution in [0.25, 0.3) is 0 Å². The summed E-state index contributed by atoms with van der Waals surface area (Å²) in [6, 6.07) is 2.00. The van der Waals surface area contributed by atoms with Crippen molar-refractivity contribution in [2.75, 3.05) is 5.32 Å². The van der Waals surface area contributed by atoms with Gasteiger partial charge in [0.15, 0.2) is 0 Å². The summed E-state index contributed by atoms with van der Waals surface area (Å²) in [7, 11) is 0. The molecule has 2 aliphatic rings. The summed E-state index contributed by atoms with van der Waals surface area (Å²) in [5, 5.41) is 23.7. The molecule has 0 fully saturated rings. The third-order valence-corrected chi connectivity index (χ3v) is 4.22. The Hall–Kier alpha value is -2.08. The molecule has 2 N–H and O–H groups in total. The van der Waals surface area contributed by atoms with Crippen LogP contribution in [0.2, 0.25) is 5.02 Å². The molecule has 20 heavy (non-hydrogen) atoms. The minimum absolute atomic E-state index is 0.0257. The van der Waals surface area contributed by atoms with Crippen molar-refractivity contribution in [3.05, 3.63) is 45.0 Å². The molecule has 3 rings (SSSR count). The van der Waals surface area contributed by atoms with E-state index in [-0.39, 0.29) is 17.5 Å². The van der Waals surface area contributed by atoms with Gasteiger partial charge in [-0.2, -0.15) is 0 Å². The fourth-order valence-corrected chi connectivity index (χ4v) is 3.28. The lowest BCUT2D eigenvalue weighted by Crippen LogP contribution is -2.42. The SMILES string of the molecule is O=C(O)C1Nc2c(Cl)ccc([N+](=O)[O-])c2C2C=CCC12. The van der Waals surface area contributed by atoms with E-state index >= 15 is 0 Å². The maximum absolute atomic E-state index is 11.4. The number of hydrogen-bond donors (Lipinski definition) is 2. The van der Waals surface area contributed by atoms with Crippen LogP contribution in [0.1, 0.15) is 17.9 Å². The number of anilines is 1. The minimum Gasteiger partial charge on any atom is -0.480 e. The predicted octanol–water partition coefficient (Wildman–Crippen LogP) is 2.79. The highest BCUT2D eigenvalue weighted by molar-refractivity contribution is 6.33. The Labute approximate surface area is 119 Å². The highest BCUT2D eigenvalue weighted by atomic mass is 35.5. The Kier molecular flexibility index (Phi) is 2.90. The third-order valence-electron chi connectivity index (χ3n) is 3.91. The summed E-state index contributed by atoms with van der Waals surface area (Å²) in [5.74, 6) is -1.49. The standard InChI is InChI=1S/C13H11ClN2O4/c14-8-4-5-9(16(19)20)10-6-2-1-3-7(6)11(13(17)18)15-12(8)10/h1-2,4-7,11,15H,3H2,(H,17,18). The van der Waals surface area contributed by atoms with Crippen LogP contribution in [0.5, 0.6) is 0 Å². The minimum atomic E-state index is -0.975. The number of hydrogen-bond acceptors (Lipinski definition) is 4. The average molecular weight is 295 g/mol. The Morgan fingerprint density at radius 2 is 2.25 bits per heavy atom. The zero-order valence-electron chi connectivity index (χ0n) is 10.2. The van der Waals surface area contributed by atoms with Gasteiger partial charge in [-0.3, -0.25) is 10.1 Å². The summed E-state index contributed by atoms with van der Waals surface area (Å²) >= 11 is 6.08. The molecular weight excluding hydrogens is 284 g/mol. The molecule has 0 amide bonds. The Bertz CT molecular complexity index is 644. The van der Waals surface area contributed by atoms with Crippen LogP contribution < -0.4 is 5.32 Å². The molecule has 1 aromatic carbocycles. The van der Waals surface area contributed by atoms with Gasteiger partial charge in [-0.1, -0.05) is 23.8 Å². The Morgan fingerprint density at radius 3 is 2.90 bits per heavy atom. The monoisotopic (exact) mass is 294 g/mol. The van der Waals surface area contributed by atoms with Crippen LogP contribution in [0.4, 0.5) is 11.4 Å². The van der Waals surface area contributed by atoms with Crippen molar-refractivity contribution in [3.63, 3.8) is 0 Å². The number of nitro benzene ring substituents is 1. The van der Waals surface area contributed by atoms with E-state index < -0.39 is 16.9 Å². The van der Waals surface area contributed by atoms with Gasteiger partial charge in [-0.25, -0.2) is 4.79 Å². The topological polar surface area (TPSA) is 92.5 Å². The number of allylic oxidation sites excluding steroid dienone is 2. The van der Waals surface area contributed by atoms with Gasteiger partial charge in [0.1, 0.15) is 6.04 Å². The summed E-state index contributed by atoms with van der Waals surface area (Å²) in [5.41, 5.74) is 0.821. The summed E-state index contributed by atoms with van der Waals surface area (Å²) in [6.07, 6.45) is 4.29. The summed E-state index contributed by atoms with van der Waals surface area (Å²) in [6.45, 7) is 0. The van der Waals surface area contributed by atoms with Crippen molar-refractivity contribution in [2.45, 2.75) is 18.4 Å². The first-order valence-corrected chi connectivity index (χ1v) is 6.51. The number of carboxylic acid groups (broad SMARTS) is 1. The first-order chi connectivity index (χ1) is 9.50. The number of carbonyl (C=O) groups is 1. The van der Waals surface area contributed by atoms with E-state index in [4.69, 9.17) is 11.6 Å². The van der Waals surface area contributed by atoms with Crippen molar-refractivity contribution in [2.24, 2.45) is 5.92 Å². The van der Waals surface area contributed by atoms with Crippen molar-refractivity contribution < 1.29 is 14.8 Å². The summed E-state index contributed by atoms with van der Waals surface area (Å²) in [4.78, 5) is 22.1. The van der Waals surface area contributed by atoms with Crippen LogP contribution in [-0.2, 0) is 4.79 Å². The largest absolute Gasteiger partial charge is 0.480 e. The van der Waals surface area contributed by atoms with Gasteiger partial charge in [-0.05, 0) is 12.5 Å². The second kappa shape index (κ2) is 4.49. The van der Waals surface area contributed by atoms with Gasteiger partial charge < -0.3 is 10.4 Å². The molecule has 0 saturated carbocycles. The van der Waals surface area contributed by atoms with Crippen molar-refractivity contribution in [1.29, 1.82) is 0 Å². The predicted molar refractivity (Wildman–Crippen MR) is 73.1 cm³/mol. The number of fused-ring (bicyclic) bond motifs is 3. The molecule has 1 heterocycles. The van der Waals surface area contributed by atoms with Gasteiger partial charge in [0.2, 0.25) is 0 Å². The Morgan fingerprint density at radius 1 is 1.50 bits per heavy atom. The van der Waals surface area contributed by atoms with Crippen LogP contribution >= 0.6 is 11.6 Å². The van der Waals surface area contributed by atoms with E-state index in [9.17, 15) is 20.0 Å². The van der Waals surface area contributed by atoms with Crippen LogP contribution in [0.3, 0.4) is 0 Å². The van der Waals surface area contributed by atoms with Crippen LogP contribution in [0.15, 0.2) is 24.3 Å². The van der Waals surface area contributed by atoms with E-state index in [0.29, 0.717) is 22.7 Å². The number of aliphatic carboxylic acids is 1. The lowest BCUT2D eigenvalue weighted by Gasteiger charge is -2.34. The van der Waals surface area contributed by atoms with E-state index in [2.05, 4.69) is 5.32 Å². The highest BCUT2D eigenvalue weighted by Crippen LogP contribution is 2.50. The number of halogens is 1. The molecule has 1 aliphatic carbocycles. The first kappa shape index (κ1) is 12.9. The second-order valence-corrected chi connectivity index (χ2v) is 5.33. The smallest absolute Gasteiger partial charge is 0.326 e. The molecule has 0 spiro atoms. The highest BCUT2D eigenvalue weighted by Gasteiger charge is 2.44. The van der Waals surface area contributed by atoms with Gasteiger partial charge in [0, 0.05) is 17.9 Å². The van der Waals surface area contributed by atoms with Crippen molar-refractivity contribution in [1.82, 2.24) is 0 Å². The number of benzene rings is 1. The number of nitrogens with zero attached hydrogens (tertiary/aromatic N) is 1. The fourth-order valence-electron chi connectivity index (χ4n) is 3.06. The zero-order chi connectivity index (χ0) is 14.4. The number of rotatable bonds is 2. The van der Waals surface area contributed by atoms with Crippen LogP contribution in [0, 0.1) is 16.0 Å². The number of nitro groups is 1. The fraction of sp³-hybridized carbons (Fsp3) is 0.308. The molecular formula is C13H11ClN2O4. The van der Waals surface area contributed by atoms with Gasteiger partial charge in [0.25, 0.3) is 5.69 Å². The molecule has 1 aromatic rings. The average Bonchev–Trinajstić information content (AvgIpc) is 2.86. The lowest BCUT2D eigenvalue weighted by atomic mass is 9.78. The molecule has 0 saturated heterocycles. The molecule has 0 bridgehead atoms. The molecule has 104 valence electrons. The van der Waals surface area contributed by atoms with Gasteiger partial charge in [-0.15, -0.1) is 0 Å². The van der Waals surface area contributed by atoms with Gasteiger partial charge in [0.05, 0.1) is 21.2 Å². The van der Waals surface area contributed by atoms with E-state index in [1.165, 1.54) is 12.1 Å². The molecule has 3 unspecified atom stereocenters. The van der Waals surface area contributed by atoms with Crippen LogP contribution in [-0.4, -0.2) is 22.0 Å². The van der Waals surface area contributed by atoms with E-state index in [1.807, 2.05) is 12.2 Å². The van der Waals surface area contributed by atoms with Crippen molar-refractivity contribution >= 4 is 28.9 Å². The third kappa shape index (κ3) is 1.76. The quantitative estimate of drug-likeness (QED) is 0.497. The summed E-state index contributed by atoms with van der Waals surface area (Å²) < 4.78 is 0. The van der Waals surface area contributed by atoms with Crippen molar-refractivity contribution in [3.8, 4) is 0 Å². The molecule has 6 nitrogen and oxygen atoms in total. The van der Waals surface area contributed by atoms with E-state index in [0.717, 1.165) is 0 Å². The lowest BCUT2D eigenvalue weighted by molar-refractivity contribution is -0.385. The van der Waals surface area contributed by atoms with Gasteiger partial charge >= 0.3 is 5.97 Å².